The van der Waals surface area contributed by atoms with Crippen molar-refractivity contribution < 1.29 is 14.3 Å². The molecule has 4 aromatic rings. The van der Waals surface area contributed by atoms with Crippen LogP contribution in [-0.2, 0) is 17.6 Å². The number of primary amides is 1. The summed E-state index contributed by atoms with van der Waals surface area (Å²) in [5.41, 5.74) is 10.6. The number of para-hydroxylation sites is 1. The number of benzene rings is 2. The number of nitrogens with zero attached hydrogens (tertiary/aromatic N) is 3. The van der Waals surface area contributed by atoms with Gasteiger partial charge in [0.1, 0.15) is 34.7 Å². The number of nitrogens with one attached hydrogen (secondary N) is 1. The molecule has 0 saturated carbocycles. The van der Waals surface area contributed by atoms with E-state index in [1.807, 2.05) is 61.5 Å². The number of amides is 2. The first-order valence-electron chi connectivity index (χ1n) is 13.3. The van der Waals surface area contributed by atoms with Gasteiger partial charge >= 0.3 is 0 Å². The van der Waals surface area contributed by atoms with E-state index >= 15 is 0 Å². The summed E-state index contributed by atoms with van der Waals surface area (Å²) in [4.78, 5) is 26.7. The Morgan fingerprint density at radius 3 is 2.71 bits per heavy atom. The molecule has 0 radical (unpaired) electrons. The summed E-state index contributed by atoms with van der Waals surface area (Å²) >= 11 is 1.36. The number of fused-ring (bicyclic) bond motifs is 1. The SMILES string of the molecule is C=CCOc1ccc(-c2nn(-c3ccccc3)cc2/C=C(/C#N)C(=O)Nc2sc3c(c2C(N)=O)CCCC3)c(C)c1. The Balaban J connectivity index is 1.54. The summed E-state index contributed by atoms with van der Waals surface area (Å²) in [6.07, 6.45) is 8.58. The topological polar surface area (TPSA) is 123 Å². The van der Waals surface area contributed by atoms with Crippen LogP contribution in [0.2, 0.25) is 0 Å². The lowest BCUT2D eigenvalue weighted by atomic mass is 9.95. The third-order valence-corrected chi connectivity index (χ3v) is 8.10. The molecule has 0 bridgehead atoms. The number of rotatable bonds is 9. The molecule has 2 aromatic heterocycles. The predicted molar refractivity (Wildman–Crippen MR) is 161 cm³/mol. The lowest BCUT2D eigenvalue weighted by Crippen LogP contribution is -2.19. The fourth-order valence-corrected chi connectivity index (χ4v) is 6.24. The van der Waals surface area contributed by atoms with Crippen molar-refractivity contribution in [2.45, 2.75) is 32.6 Å². The summed E-state index contributed by atoms with van der Waals surface area (Å²) in [6.45, 7) is 6.03. The second kappa shape index (κ2) is 12.1. The number of carbonyl (C=O) groups is 2. The molecule has 0 fully saturated rings. The number of anilines is 1. The van der Waals surface area contributed by atoms with Crippen LogP contribution in [-0.4, -0.2) is 28.2 Å². The summed E-state index contributed by atoms with van der Waals surface area (Å²) < 4.78 is 7.39. The zero-order valence-electron chi connectivity index (χ0n) is 22.6. The van der Waals surface area contributed by atoms with E-state index in [1.165, 1.54) is 17.4 Å². The van der Waals surface area contributed by atoms with E-state index < -0.39 is 11.8 Å². The molecule has 0 aliphatic heterocycles. The highest BCUT2D eigenvalue weighted by Gasteiger charge is 2.26. The lowest BCUT2D eigenvalue weighted by Gasteiger charge is -2.11. The van der Waals surface area contributed by atoms with E-state index in [0.29, 0.717) is 34.2 Å². The van der Waals surface area contributed by atoms with Crippen molar-refractivity contribution in [1.82, 2.24) is 9.78 Å². The van der Waals surface area contributed by atoms with Gasteiger partial charge in [-0.3, -0.25) is 9.59 Å². The largest absolute Gasteiger partial charge is 0.490 e. The molecule has 206 valence electrons. The van der Waals surface area contributed by atoms with Crippen LogP contribution in [0, 0.1) is 18.3 Å². The number of thiophene rings is 1. The Morgan fingerprint density at radius 1 is 1.22 bits per heavy atom. The molecule has 1 aliphatic rings. The van der Waals surface area contributed by atoms with Gasteiger partial charge in [-0.15, -0.1) is 11.3 Å². The third-order valence-electron chi connectivity index (χ3n) is 6.89. The molecular weight excluding hydrogens is 534 g/mol. The zero-order chi connectivity index (χ0) is 28.9. The van der Waals surface area contributed by atoms with Crippen molar-refractivity contribution in [1.29, 1.82) is 5.26 Å². The fourth-order valence-electron chi connectivity index (χ4n) is 4.95. The highest BCUT2D eigenvalue weighted by molar-refractivity contribution is 7.17. The molecule has 41 heavy (non-hydrogen) atoms. The highest BCUT2D eigenvalue weighted by Crippen LogP contribution is 2.38. The fraction of sp³-hybridized carbons (Fsp3) is 0.188. The van der Waals surface area contributed by atoms with Crippen LogP contribution in [0.15, 0.2) is 73.0 Å². The number of nitrogens with two attached hydrogens (primary N) is 1. The first kappa shape index (κ1) is 27.6. The molecule has 2 heterocycles. The third kappa shape index (κ3) is 5.83. The number of aromatic nitrogens is 2. The number of hydrogen-bond acceptors (Lipinski definition) is 6. The standard InChI is InChI=1S/C32H29N5O3S/c1-3-15-40-24-13-14-25(20(2)16-24)29-22(19-37(36-29)23-9-5-4-6-10-23)17-21(18-33)31(39)35-32-28(30(34)38)26-11-7-8-12-27(26)41-32/h3-6,9-10,13-14,16-17,19H,1,7-8,11-12,15H2,2H3,(H2,34,38)(H,35,39)/b21-17-. The van der Waals surface area contributed by atoms with Crippen LogP contribution in [0.1, 0.15) is 44.8 Å². The number of ether oxygens (including phenoxy) is 1. The second-order valence-electron chi connectivity index (χ2n) is 9.69. The summed E-state index contributed by atoms with van der Waals surface area (Å²) in [5.74, 6) is -0.492. The molecule has 0 atom stereocenters. The quantitative estimate of drug-likeness (QED) is 0.147. The van der Waals surface area contributed by atoms with Crippen molar-refractivity contribution in [3.63, 3.8) is 0 Å². The van der Waals surface area contributed by atoms with E-state index in [2.05, 4.69) is 11.9 Å². The first-order valence-corrected chi connectivity index (χ1v) is 14.1. The summed E-state index contributed by atoms with van der Waals surface area (Å²) in [7, 11) is 0. The molecule has 8 nitrogen and oxygen atoms in total. The number of hydrogen-bond donors (Lipinski definition) is 2. The van der Waals surface area contributed by atoms with Crippen LogP contribution >= 0.6 is 11.3 Å². The molecule has 1 aliphatic carbocycles. The van der Waals surface area contributed by atoms with Crippen LogP contribution in [0.25, 0.3) is 23.0 Å². The number of aryl methyl sites for hydroxylation is 2. The Kier molecular flexibility index (Phi) is 8.13. The normalized spacial score (nSPS) is 12.7. The highest BCUT2D eigenvalue weighted by atomic mass is 32.1. The Bertz CT molecular complexity index is 1710. The van der Waals surface area contributed by atoms with Crippen molar-refractivity contribution >= 4 is 34.2 Å². The molecule has 0 unspecified atom stereocenters. The maximum absolute atomic E-state index is 13.4. The van der Waals surface area contributed by atoms with Gasteiger partial charge in [-0.1, -0.05) is 30.9 Å². The number of carbonyl (C=O) groups excluding carboxylic acids is 2. The van der Waals surface area contributed by atoms with Crippen LogP contribution in [0.4, 0.5) is 5.00 Å². The molecule has 0 spiro atoms. The van der Waals surface area contributed by atoms with Gasteiger partial charge in [0.15, 0.2) is 0 Å². The Morgan fingerprint density at radius 2 is 2.00 bits per heavy atom. The van der Waals surface area contributed by atoms with E-state index in [1.54, 1.807) is 17.0 Å². The maximum atomic E-state index is 13.4. The predicted octanol–water partition coefficient (Wildman–Crippen LogP) is 6.00. The van der Waals surface area contributed by atoms with Gasteiger partial charge in [-0.05, 0) is 80.1 Å². The minimum Gasteiger partial charge on any atom is -0.490 e. The van der Waals surface area contributed by atoms with Gasteiger partial charge in [0.2, 0.25) is 0 Å². The maximum Gasteiger partial charge on any atom is 0.266 e. The average Bonchev–Trinajstić information content (AvgIpc) is 3.56. The van der Waals surface area contributed by atoms with Gasteiger partial charge < -0.3 is 15.8 Å². The summed E-state index contributed by atoms with van der Waals surface area (Å²) in [5, 5.41) is 18.0. The van der Waals surface area contributed by atoms with Crippen LogP contribution in [0.5, 0.6) is 5.75 Å². The minimum atomic E-state index is -0.614. The van der Waals surface area contributed by atoms with Crippen molar-refractivity contribution in [2.24, 2.45) is 5.73 Å². The van der Waals surface area contributed by atoms with Gasteiger partial charge in [0, 0.05) is 22.2 Å². The monoisotopic (exact) mass is 563 g/mol. The van der Waals surface area contributed by atoms with Crippen LogP contribution in [0.3, 0.4) is 0 Å². The van der Waals surface area contributed by atoms with E-state index in [-0.39, 0.29) is 5.57 Å². The minimum absolute atomic E-state index is 0.121. The van der Waals surface area contributed by atoms with Crippen LogP contribution < -0.4 is 15.8 Å². The van der Waals surface area contributed by atoms with Gasteiger partial charge in [0.25, 0.3) is 11.8 Å². The van der Waals surface area contributed by atoms with E-state index in [0.717, 1.165) is 52.9 Å². The Labute approximate surface area is 242 Å². The molecule has 5 rings (SSSR count). The molecule has 0 saturated heterocycles. The molecule has 9 heteroatoms. The molecule has 2 aromatic carbocycles. The van der Waals surface area contributed by atoms with Gasteiger partial charge in [-0.2, -0.15) is 10.4 Å². The molecule has 2 amide bonds. The van der Waals surface area contributed by atoms with Gasteiger partial charge in [0.05, 0.1) is 11.3 Å². The van der Waals surface area contributed by atoms with E-state index in [4.69, 9.17) is 15.6 Å². The average molecular weight is 564 g/mol. The molecule has 3 N–H and O–H groups in total. The van der Waals surface area contributed by atoms with Crippen molar-refractivity contribution in [2.75, 3.05) is 11.9 Å². The van der Waals surface area contributed by atoms with Crippen molar-refractivity contribution in [3.05, 3.63) is 100 Å². The number of nitriles is 1. The summed E-state index contributed by atoms with van der Waals surface area (Å²) in [6, 6.07) is 17.3. The second-order valence-corrected chi connectivity index (χ2v) is 10.8. The van der Waals surface area contributed by atoms with Gasteiger partial charge in [-0.25, -0.2) is 4.68 Å². The molecular formula is C32H29N5O3S. The first-order chi connectivity index (χ1) is 19.9. The Hall–Kier alpha value is -4.94. The lowest BCUT2D eigenvalue weighted by molar-refractivity contribution is -0.112. The smallest absolute Gasteiger partial charge is 0.266 e. The van der Waals surface area contributed by atoms with Crippen molar-refractivity contribution in [3.8, 4) is 28.8 Å². The zero-order valence-corrected chi connectivity index (χ0v) is 23.5. The van der Waals surface area contributed by atoms with E-state index in [9.17, 15) is 14.9 Å².